The molecule has 0 saturated carbocycles. The van der Waals surface area contributed by atoms with E-state index < -0.39 is 0 Å². The maximum absolute atomic E-state index is 4.39. The first-order chi connectivity index (χ1) is 10.2. The molecule has 1 unspecified atom stereocenters. The van der Waals surface area contributed by atoms with Crippen molar-refractivity contribution < 1.29 is 0 Å². The summed E-state index contributed by atoms with van der Waals surface area (Å²) < 4.78 is 0. The third kappa shape index (κ3) is 4.10. The molecular formula is C15H22N4S2. The molecule has 6 heteroatoms. The molecule has 1 atom stereocenters. The fourth-order valence-electron chi connectivity index (χ4n) is 2.98. The second kappa shape index (κ2) is 6.96. The number of thiazole rings is 2. The molecule has 3 heterocycles. The van der Waals surface area contributed by atoms with Crippen molar-refractivity contribution in [1.29, 1.82) is 0 Å². The van der Waals surface area contributed by atoms with Gasteiger partial charge in [-0.1, -0.05) is 0 Å². The van der Waals surface area contributed by atoms with E-state index in [1.807, 2.05) is 11.0 Å². The number of aryl methyl sites for hydroxylation is 1. The molecule has 0 aromatic carbocycles. The van der Waals surface area contributed by atoms with Gasteiger partial charge in [0.2, 0.25) is 0 Å². The van der Waals surface area contributed by atoms with Gasteiger partial charge in [0.25, 0.3) is 0 Å². The van der Waals surface area contributed by atoms with Crippen molar-refractivity contribution in [2.75, 3.05) is 26.7 Å². The van der Waals surface area contributed by atoms with Gasteiger partial charge in [-0.3, -0.25) is 4.90 Å². The summed E-state index contributed by atoms with van der Waals surface area (Å²) in [6.07, 6.45) is 1.30. The summed E-state index contributed by atoms with van der Waals surface area (Å²) in [6, 6.07) is 0. The van der Waals surface area contributed by atoms with Gasteiger partial charge < -0.3 is 4.90 Å². The topological polar surface area (TPSA) is 32.3 Å². The Balaban J connectivity index is 1.45. The molecule has 2 aromatic rings. The van der Waals surface area contributed by atoms with Crippen LogP contribution in [0.5, 0.6) is 0 Å². The van der Waals surface area contributed by atoms with Gasteiger partial charge >= 0.3 is 0 Å². The van der Waals surface area contributed by atoms with Crippen LogP contribution in [-0.4, -0.2) is 46.4 Å². The molecule has 0 aliphatic carbocycles. The number of likely N-dealkylation sites (tertiary alicyclic amines) is 1. The van der Waals surface area contributed by atoms with Gasteiger partial charge in [-0.05, 0) is 32.9 Å². The number of aromatic nitrogens is 2. The van der Waals surface area contributed by atoms with Crippen LogP contribution in [0.4, 0.5) is 0 Å². The standard InChI is InChI=1S/C15H22N4S2/c1-12-15(21-11-16-12)8-18(2)5-13-3-4-19(6-13)7-14-9-20-10-17-14/h9-11,13H,3-8H2,1-2H3. The van der Waals surface area contributed by atoms with Gasteiger partial charge in [0.1, 0.15) is 0 Å². The van der Waals surface area contributed by atoms with Crippen molar-refractivity contribution in [3.63, 3.8) is 0 Å². The normalized spacial score (nSPS) is 19.7. The molecule has 114 valence electrons. The summed E-state index contributed by atoms with van der Waals surface area (Å²) in [5, 5.41) is 2.16. The molecule has 0 spiro atoms. The number of hydrogen-bond acceptors (Lipinski definition) is 6. The molecule has 1 aliphatic heterocycles. The molecular weight excluding hydrogens is 300 g/mol. The van der Waals surface area contributed by atoms with Crippen LogP contribution in [0.2, 0.25) is 0 Å². The van der Waals surface area contributed by atoms with Crippen molar-refractivity contribution in [2.24, 2.45) is 5.92 Å². The summed E-state index contributed by atoms with van der Waals surface area (Å²) in [4.78, 5) is 15.1. The van der Waals surface area contributed by atoms with Gasteiger partial charge in [-0.15, -0.1) is 22.7 Å². The Bertz CT molecular complexity index is 552. The van der Waals surface area contributed by atoms with E-state index in [-0.39, 0.29) is 0 Å². The second-order valence-electron chi connectivity index (χ2n) is 5.93. The number of nitrogens with zero attached hydrogens (tertiary/aromatic N) is 4. The van der Waals surface area contributed by atoms with Gasteiger partial charge in [0.15, 0.2) is 0 Å². The Morgan fingerprint density at radius 3 is 3.00 bits per heavy atom. The van der Waals surface area contributed by atoms with Gasteiger partial charge in [-0.25, -0.2) is 9.97 Å². The summed E-state index contributed by atoms with van der Waals surface area (Å²) in [6.45, 7) is 7.71. The van der Waals surface area contributed by atoms with Crippen LogP contribution in [0.25, 0.3) is 0 Å². The third-order valence-corrected chi connectivity index (χ3v) is 5.62. The minimum atomic E-state index is 0.780. The highest BCUT2D eigenvalue weighted by Crippen LogP contribution is 2.21. The van der Waals surface area contributed by atoms with E-state index in [2.05, 4.69) is 39.1 Å². The fourth-order valence-corrected chi connectivity index (χ4v) is 4.38. The number of hydrogen-bond donors (Lipinski definition) is 0. The lowest BCUT2D eigenvalue weighted by Gasteiger charge is -2.21. The first kappa shape index (κ1) is 15.1. The minimum Gasteiger partial charge on any atom is -0.301 e. The zero-order chi connectivity index (χ0) is 14.7. The highest BCUT2D eigenvalue weighted by atomic mass is 32.1. The molecule has 4 nitrogen and oxygen atoms in total. The quantitative estimate of drug-likeness (QED) is 0.818. The Hall–Kier alpha value is -0.820. The second-order valence-corrected chi connectivity index (χ2v) is 7.59. The molecule has 1 fully saturated rings. The van der Waals surface area contributed by atoms with E-state index in [4.69, 9.17) is 0 Å². The lowest BCUT2D eigenvalue weighted by atomic mass is 10.1. The fraction of sp³-hybridized carbons (Fsp3) is 0.600. The van der Waals surface area contributed by atoms with Crippen LogP contribution >= 0.6 is 22.7 Å². The molecule has 0 amide bonds. The van der Waals surface area contributed by atoms with Crippen molar-refractivity contribution >= 4 is 22.7 Å². The number of rotatable bonds is 6. The zero-order valence-electron chi connectivity index (χ0n) is 12.7. The Morgan fingerprint density at radius 2 is 2.29 bits per heavy atom. The molecule has 0 bridgehead atoms. The lowest BCUT2D eigenvalue weighted by Crippen LogP contribution is -2.28. The van der Waals surface area contributed by atoms with Crippen LogP contribution in [0.3, 0.4) is 0 Å². The first-order valence-corrected chi connectivity index (χ1v) is 9.20. The SMILES string of the molecule is Cc1ncsc1CN(C)CC1CCN(Cc2cscn2)C1. The molecule has 21 heavy (non-hydrogen) atoms. The minimum absolute atomic E-state index is 0.780. The highest BCUT2D eigenvalue weighted by Gasteiger charge is 2.24. The van der Waals surface area contributed by atoms with E-state index in [9.17, 15) is 0 Å². The van der Waals surface area contributed by atoms with E-state index in [1.54, 1.807) is 22.7 Å². The van der Waals surface area contributed by atoms with Crippen LogP contribution in [0.15, 0.2) is 16.4 Å². The molecule has 0 N–H and O–H groups in total. The molecule has 0 radical (unpaired) electrons. The van der Waals surface area contributed by atoms with E-state index in [0.717, 1.165) is 19.0 Å². The highest BCUT2D eigenvalue weighted by molar-refractivity contribution is 7.09. The monoisotopic (exact) mass is 322 g/mol. The largest absolute Gasteiger partial charge is 0.301 e. The van der Waals surface area contributed by atoms with E-state index >= 15 is 0 Å². The van der Waals surface area contributed by atoms with Crippen molar-refractivity contribution in [3.05, 3.63) is 32.7 Å². The molecule has 1 saturated heterocycles. The summed E-state index contributed by atoms with van der Waals surface area (Å²) in [5.41, 5.74) is 6.27. The Kier molecular flexibility index (Phi) is 5.00. The molecule has 2 aromatic heterocycles. The van der Waals surface area contributed by atoms with Gasteiger partial charge in [-0.2, -0.15) is 0 Å². The molecule has 1 aliphatic rings. The van der Waals surface area contributed by atoms with Crippen molar-refractivity contribution in [1.82, 2.24) is 19.8 Å². The summed E-state index contributed by atoms with van der Waals surface area (Å²) in [5.74, 6) is 0.780. The van der Waals surface area contributed by atoms with Crippen molar-refractivity contribution in [2.45, 2.75) is 26.4 Å². The maximum atomic E-state index is 4.39. The first-order valence-electron chi connectivity index (χ1n) is 7.37. The summed E-state index contributed by atoms with van der Waals surface area (Å²) in [7, 11) is 2.22. The van der Waals surface area contributed by atoms with Crippen molar-refractivity contribution in [3.8, 4) is 0 Å². The average Bonchev–Trinajstić information content (AvgIpc) is 3.16. The summed E-state index contributed by atoms with van der Waals surface area (Å²) >= 11 is 3.46. The predicted octanol–water partition coefficient (Wildman–Crippen LogP) is 2.86. The Morgan fingerprint density at radius 1 is 1.38 bits per heavy atom. The van der Waals surface area contributed by atoms with Crippen LogP contribution in [-0.2, 0) is 13.1 Å². The smallest absolute Gasteiger partial charge is 0.0798 e. The van der Waals surface area contributed by atoms with E-state index in [1.165, 1.54) is 42.3 Å². The van der Waals surface area contributed by atoms with Crippen LogP contribution in [0.1, 0.15) is 22.7 Å². The zero-order valence-corrected chi connectivity index (χ0v) is 14.3. The van der Waals surface area contributed by atoms with Gasteiger partial charge in [0, 0.05) is 36.4 Å². The van der Waals surface area contributed by atoms with Gasteiger partial charge in [0.05, 0.1) is 22.4 Å². The average molecular weight is 323 g/mol. The predicted molar refractivity (Wildman–Crippen MR) is 88.7 cm³/mol. The van der Waals surface area contributed by atoms with Crippen LogP contribution < -0.4 is 0 Å². The van der Waals surface area contributed by atoms with Crippen LogP contribution in [0, 0.1) is 12.8 Å². The lowest BCUT2D eigenvalue weighted by molar-refractivity contribution is 0.255. The van der Waals surface area contributed by atoms with E-state index in [0.29, 0.717) is 0 Å². The third-order valence-electron chi connectivity index (χ3n) is 4.07. The molecule has 3 rings (SSSR count). The Labute approximate surface area is 134 Å². The maximum Gasteiger partial charge on any atom is 0.0798 e.